The number of anilines is 1. The van der Waals surface area contributed by atoms with Crippen molar-refractivity contribution in [2.45, 2.75) is 38.6 Å². The van der Waals surface area contributed by atoms with E-state index in [1.165, 1.54) is 11.8 Å². The van der Waals surface area contributed by atoms with Gasteiger partial charge in [0.2, 0.25) is 11.8 Å². The van der Waals surface area contributed by atoms with Gasteiger partial charge in [0.25, 0.3) is 0 Å². The number of hydrogen-bond acceptors (Lipinski definition) is 5. The molecule has 6 nitrogen and oxygen atoms in total. The minimum Gasteiger partial charge on any atom is -0.481 e. The van der Waals surface area contributed by atoms with Crippen LogP contribution in [0.5, 0.6) is 5.88 Å². The predicted molar refractivity (Wildman–Crippen MR) is 106 cm³/mol. The third-order valence-corrected chi connectivity index (χ3v) is 5.30. The van der Waals surface area contributed by atoms with Crippen LogP contribution in [0.25, 0.3) is 0 Å². The minimum atomic E-state index is -0.238. The number of carbonyl (C=O) groups excluding carboxylic acids is 1. The first-order valence-corrected chi connectivity index (χ1v) is 9.52. The zero-order valence-electron chi connectivity index (χ0n) is 15.9. The van der Waals surface area contributed by atoms with E-state index in [2.05, 4.69) is 26.3 Å². The molecule has 1 N–H and O–H groups in total. The van der Waals surface area contributed by atoms with Crippen molar-refractivity contribution < 1.29 is 9.53 Å². The molecule has 0 bridgehead atoms. The Balaban J connectivity index is 1.65. The number of methoxy groups -OCH3 is 1. The van der Waals surface area contributed by atoms with Crippen molar-refractivity contribution >= 4 is 23.3 Å². The molecule has 1 aliphatic rings. The lowest BCUT2D eigenvalue weighted by Crippen LogP contribution is -2.46. The van der Waals surface area contributed by atoms with Crippen LogP contribution in [-0.2, 0) is 4.79 Å². The SMILES string of the molecule is COc1ncc(C2CCCN([C@@H](C)C(=O)Nc3ccc(Cl)cn3)C2)cc1C. The Labute approximate surface area is 164 Å². The molecule has 0 aliphatic carbocycles. The smallest absolute Gasteiger partial charge is 0.242 e. The highest BCUT2D eigenvalue weighted by molar-refractivity contribution is 6.30. The number of likely N-dealkylation sites (tertiary alicyclic amines) is 1. The monoisotopic (exact) mass is 388 g/mol. The van der Waals surface area contributed by atoms with Crippen LogP contribution in [0.1, 0.15) is 36.8 Å². The topological polar surface area (TPSA) is 67.3 Å². The van der Waals surface area contributed by atoms with Gasteiger partial charge in [-0.05, 0) is 62.9 Å². The van der Waals surface area contributed by atoms with Crippen molar-refractivity contribution in [3.05, 3.63) is 46.7 Å². The highest BCUT2D eigenvalue weighted by atomic mass is 35.5. The molecule has 1 aliphatic heterocycles. The fraction of sp³-hybridized carbons (Fsp3) is 0.450. The van der Waals surface area contributed by atoms with Crippen molar-refractivity contribution in [2.75, 3.05) is 25.5 Å². The van der Waals surface area contributed by atoms with Gasteiger partial charge in [0.15, 0.2) is 0 Å². The molecule has 0 radical (unpaired) electrons. The van der Waals surface area contributed by atoms with Gasteiger partial charge in [-0.1, -0.05) is 11.6 Å². The molecule has 2 aromatic heterocycles. The lowest BCUT2D eigenvalue weighted by molar-refractivity contribution is -0.121. The van der Waals surface area contributed by atoms with Crippen molar-refractivity contribution in [3.63, 3.8) is 0 Å². The fourth-order valence-electron chi connectivity index (χ4n) is 3.50. The molecule has 3 heterocycles. The summed E-state index contributed by atoms with van der Waals surface area (Å²) in [5.41, 5.74) is 2.23. The molecular weight excluding hydrogens is 364 g/mol. The maximum atomic E-state index is 12.6. The summed E-state index contributed by atoms with van der Waals surface area (Å²) in [7, 11) is 1.63. The average molecular weight is 389 g/mol. The van der Waals surface area contributed by atoms with Crippen molar-refractivity contribution in [3.8, 4) is 5.88 Å². The maximum Gasteiger partial charge on any atom is 0.242 e. The number of carbonyl (C=O) groups is 1. The number of piperidine rings is 1. The Bertz CT molecular complexity index is 797. The van der Waals surface area contributed by atoms with Gasteiger partial charge in [-0.3, -0.25) is 9.69 Å². The Morgan fingerprint density at radius 3 is 2.85 bits per heavy atom. The second-order valence-corrected chi connectivity index (χ2v) is 7.39. The summed E-state index contributed by atoms with van der Waals surface area (Å²) in [4.78, 5) is 23.4. The molecule has 7 heteroatoms. The van der Waals surface area contributed by atoms with Gasteiger partial charge in [0.05, 0.1) is 18.2 Å². The van der Waals surface area contributed by atoms with Crippen LogP contribution < -0.4 is 10.1 Å². The van der Waals surface area contributed by atoms with Crippen LogP contribution in [0.3, 0.4) is 0 Å². The zero-order valence-corrected chi connectivity index (χ0v) is 16.7. The molecular formula is C20H25ClN4O2. The Kier molecular flexibility index (Phi) is 6.29. The third-order valence-electron chi connectivity index (χ3n) is 5.07. The number of hydrogen-bond donors (Lipinski definition) is 1. The summed E-state index contributed by atoms with van der Waals surface area (Å²) >= 11 is 5.84. The van der Waals surface area contributed by atoms with Gasteiger partial charge in [-0.25, -0.2) is 9.97 Å². The lowest BCUT2D eigenvalue weighted by Gasteiger charge is -2.36. The maximum absolute atomic E-state index is 12.6. The van der Waals surface area contributed by atoms with Gasteiger partial charge in [-0.15, -0.1) is 0 Å². The van der Waals surface area contributed by atoms with E-state index in [-0.39, 0.29) is 11.9 Å². The first-order chi connectivity index (χ1) is 13.0. The van der Waals surface area contributed by atoms with E-state index in [1.54, 1.807) is 19.2 Å². The largest absolute Gasteiger partial charge is 0.481 e. The molecule has 1 amide bonds. The molecule has 1 fully saturated rings. The number of ether oxygens (including phenoxy) is 1. The van der Waals surface area contributed by atoms with Crippen LogP contribution in [0.15, 0.2) is 30.6 Å². The van der Waals surface area contributed by atoms with Crippen molar-refractivity contribution in [2.24, 2.45) is 0 Å². The molecule has 0 aromatic carbocycles. The Hall–Kier alpha value is -2.18. The number of amides is 1. The van der Waals surface area contributed by atoms with E-state index < -0.39 is 0 Å². The quantitative estimate of drug-likeness (QED) is 0.846. The molecule has 144 valence electrons. The Morgan fingerprint density at radius 1 is 1.37 bits per heavy atom. The number of aryl methyl sites for hydroxylation is 1. The van der Waals surface area contributed by atoms with Crippen LogP contribution in [0.2, 0.25) is 5.02 Å². The first kappa shape index (κ1) is 19.6. The van der Waals surface area contributed by atoms with Crippen molar-refractivity contribution in [1.29, 1.82) is 0 Å². The van der Waals surface area contributed by atoms with E-state index in [4.69, 9.17) is 16.3 Å². The van der Waals surface area contributed by atoms with Gasteiger partial charge in [-0.2, -0.15) is 0 Å². The van der Waals surface area contributed by atoms with Crippen LogP contribution in [-0.4, -0.2) is 47.0 Å². The molecule has 1 saturated heterocycles. The number of halogens is 1. The summed E-state index contributed by atoms with van der Waals surface area (Å²) in [6, 6.07) is 5.32. The van der Waals surface area contributed by atoms with Gasteiger partial charge >= 0.3 is 0 Å². The normalized spacial score (nSPS) is 18.7. The molecule has 27 heavy (non-hydrogen) atoms. The molecule has 0 spiro atoms. The Morgan fingerprint density at radius 2 is 2.19 bits per heavy atom. The first-order valence-electron chi connectivity index (χ1n) is 9.15. The lowest BCUT2D eigenvalue weighted by atomic mass is 9.90. The summed E-state index contributed by atoms with van der Waals surface area (Å²) in [6.07, 6.45) is 5.56. The van der Waals surface area contributed by atoms with Crippen LogP contribution in [0.4, 0.5) is 5.82 Å². The second-order valence-electron chi connectivity index (χ2n) is 6.96. The van der Waals surface area contributed by atoms with Crippen LogP contribution in [0, 0.1) is 6.92 Å². The second kappa shape index (κ2) is 8.67. The molecule has 2 aromatic rings. The number of pyridine rings is 2. The van der Waals surface area contributed by atoms with Gasteiger partial charge < -0.3 is 10.1 Å². The van der Waals surface area contributed by atoms with Crippen LogP contribution >= 0.6 is 11.6 Å². The summed E-state index contributed by atoms with van der Waals surface area (Å²) < 4.78 is 5.25. The summed E-state index contributed by atoms with van der Waals surface area (Å²) in [6.45, 7) is 5.67. The summed E-state index contributed by atoms with van der Waals surface area (Å²) in [5.74, 6) is 1.48. The highest BCUT2D eigenvalue weighted by Crippen LogP contribution is 2.29. The summed E-state index contributed by atoms with van der Waals surface area (Å²) in [5, 5.41) is 3.41. The van der Waals surface area contributed by atoms with E-state index in [0.29, 0.717) is 22.6 Å². The van der Waals surface area contributed by atoms with E-state index in [1.807, 2.05) is 20.0 Å². The average Bonchev–Trinajstić information content (AvgIpc) is 2.69. The predicted octanol–water partition coefficient (Wildman–Crippen LogP) is 3.65. The van der Waals surface area contributed by atoms with Gasteiger partial charge in [0, 0.05) is 24.5 Å². The third kappa shape index (κ3) is 4.76. The molecule has 2 atom stereocenters. The highest BCUT2D eigenvalue weighted by Gasteiger charge is 2.28. The zero-order chi connectivity index (χ0) is 19.4. The van der Waals surface area contributed by atoms with E-state index in [0.717, 1.165) is 31.5 Å². The fourth-order valence-corrected chi connectivity index (χ4v) is 3.61. The van der Waals surface area contributed by atoms with E-state index >= 15 is 0 Å². The molecule has 1 unspecified atom stereocenters. The molecule has 0 saturated carbocycles. The number of aromatic nitrogens is 2. The van der Waals surface area contributed by atoms with Gasteiger partial charge in [0.1, 0.15) is 5.82 Å². The standard InChI is InChI=1S/C20H25ClN4O2/c1-13-9-16(10-23-20(13)27-3)15-5-4-8-25(12-15)14(2)19(26)24-18-7-6-17(21)11-22-18/h6-7,9-11,14-15H,4-5,8,12H2,1-3H3,(H,22,24,26)/t14-,15?/m0/s1. The number of nitrogens with one attached hydrogen (secondary N) is 1. The number of nitrogens with zero attached hydrogens (tertiary/aromatic N) is 3. The van der Waals surface area contributed by atoms with Crippen molar-refractivity contribution in [1.82, 2.24) is 14.9 Å². The van der Waals surface area contributed by atoms with E-state index in [9.17, 15) is 4.79 Å². The molecule has 3 rings (SSSR count). The minimum absolute atomic E-state index is 0.0606. The number of rotatable bonds is 5.